The Morgan fingerprint density at radius 2 is 0.983 bits per heavy atom. The minimum absolute atomic E-state index is 0.235. The van der Waals surface area contributed by atoms with Gasteiger partial charge in [0.1, 0.15) is 5.82 Å². The van der Waals surface area contributed by atoms with Gasteiger partial charge in [0.05, 0.1) is 16.7 Å². The molecule has 0 spiro atoms. The van der Waals surface area contributed by atoms with Crippen LogP contribution in [0.4, 0.5) is 21.5 Å². The molecule has 0 unspecified atom stereocenters. The predicted molar refractivity (Wildman–Crippen MR) is 245 cm³/mol. The highest BCUT2D eigenvalue weighted by Gasteiger charge is 2.18. The van der Waals surface area contributed by atoms with E-state index < -0.39 is 0 Å². The average Bonchev–Trinajstić information content (AvgIpc) is 3.83. The topological polar surface area (TPSA) is 8.17 Å². The molecule has 4 heteroatoms. The summed E-state index contributed by atoms with van der Waals surface area (Å²) in [4.78, 5) is 2.34. The summed E-state index contributed by atoms with van der Waals surface area (Å²) < 4.78 is 19.4. The predicted octanol–water partition coefficient (Wildman–Crippen LogP) is 15.8. The number of rotatable bonds is 7. The molecule has 0 aliphatic carbocycles. The van der Waals surface area contributed by atoms with Gasteiger partial charge in [-0.3, -0.25) is 0 Å². The van der Waals surface area contributed by atoms with Gasteiger partial charge in [0.15, 0.2) is 0 Å². The number of halogens is 1. The van der Waals surface area contributed by atoms with Crippen LogP contribution in [0.2, 0.25) is 0 Å². The van der Waals surface area contributed by atoms with Gasteiger partial charge in [0.2, 0.25) is 0 Å². The van der Waals surface area contributed by atoms with E-state index in [4.69, 9.17) is 0 Å². The summed E-state index contributed by atoms with van der Waals surface area (Å²) in [7, 11) is 0. The number of aromatic nitrogens is 1. The zero-order valence-electron chi connectivity index (χ0n) is 31.4. The van der Waals surface area contributed by atoms with E-state index in [1.807, 2.05) is 29.5 Å². The molecule has 2 nitrogen and oxygen atoms in total. The fourth-order valence-electron chi connectivity index (χ4n) is 8.57. The first kappa shape index (κ1) is 34.0. The van der Waals surface area contributed by atoms with E-state index in [1.54, 1.807) is 12.1 Å². The first-order valence-corrected chi connectivity index (χ1v) is 20.3. The van der Waals surface area contributed by atoms with E-state index >= 15 is 0 Å². The van der Waals surface area contributed by atoms with E-state index in [0.717, 1.165) is 61.2 Å². The van der Waals surface area contributed by atoms with Crippen molar-refractivity contribution < 1.29 is 4.39 Å². The van der Waals surface area contributed by atoms with Crippen LogP contribution in [0.25, 0.3) is 81.0 Å². The quantitative estimate of drug-likeness (QED) is 0.157. The number of benzene rings is 9. The fraction of sp³-hybridized carbons (Fsp3) is 0. The summed E-state index contributed by atoms with van der Waals surface area (Å²) in [6.45, 7) is 0. The van der Waals surface area contributed by atoms with Crippen molar-refractivity contribution in [3.05, 3.63) is 218 Å². The minimum atomic E-state index is -0.235. The molecule has 0 fully saturated rings. The molecule has 0 radical (unpaired) electrons. The van der Waals surface area contributed by atoms with Gasteiger partial charge in [0.25, 0.3) is 0 Å². The van der Waals surface area contributed by atoms with Crippen LogP contribution in [-0.4, -0.2) is 4.57 Å². The van der Waals surface area contributed by atoms with Crippen molar-refractivity contribution in [1.29, 1.82) is 0 Å². The summed E-state index contributed by atoms with van der Waals surface area (Å²) >= 11 is 1.86. The van der Waals surface area contributed by atoms with Crippen LogP contribution >= 0.6 is 11.3 Å². The van der Waals surface area contributed by atoms with Crippen molar-refractivity contribution in [3.8, 4) is 39.1 Å². The van der Waals surface area contributed by atoms with Crippen LogP contribution in [0.1, 0.15) is 0 Å². The fourth-order valence-corrected chi connectivity index (χ4v) is 9.81. The highest BCUT2D eigenvalue weighted by molar-refractivity contribution is 7.26. The third kappa shape index (κ3) is 5.77. The molecule has 9 aromatic carbocycles. The molecule has 11 rings (SSSR count). The van der Waals surface area contributed by atoms with E-state index in [-0.39, 0.29) is 5.82 Å². The van der Waals surface area contributed by atoms with Gasteiger partial charge in [0, 0.05) is 53.6 Å². The number of nitrogens with zero attached hydrogens (tertiary/aromatic N) is 2. The summed E-state index contributed by atoms with van der Waals surface area (Å²) in [5.74, 6) is -0.235. The lowest BCUT2D eigenvalue weighted by Gasteiger charge is -2.26. The molecule has 0 N–H and O–H groups in total. The van der Waals surface area contributed by atoms with Gasteiger partial charge in [-0.1, -0.05) is 140 Å². The van der Waals surface area contributed by atoms with E-state index in [0.29, 0.717) is 0 Å². The number of hydrogen-bond donors (Lipinski definition) is 0. The van der Waals surface area contributed by atoms with Crippen molar-refractivity contribution in [2.24, 2.45) is 0 Å². The zero-order chi connectivity index (χ0) is 38.6. The van der Waals surface area contributed by atoms with Gasteiger partial charge < -0.3 is 9.47 Å². The normalized spacial score (nSPS) is 11.5. The molecule has 2 aromatic heterocycles. The lowest BCUT2D eigenvalue weighted by atomic mass is 10.0. The second kappa shape index (κ2) is 14.0. The summed E-state index contributed by atoms with van der Waals surface area (Å²) in [5.41, 5.74) is 13.2. The Bertz CT molecular complexity index is 3290. The Kier molecular flexibility index (Phi) is 8.23. The van der Waals surface area contributed by atoms with Crippen LogP contribution in [-0.2, 0) is 0 Å². The maximum atomic E-state index is 14.6. The molecular weight excluding hydrogens is 728 g/mol. The van der Waals surface area contributed by atoms with Gasteiger partial charge in [-0.25, -0.2) is 4.39 Å². The molecule has 11 aromatic rings. The number of fused-ring (bicyclic) bond motifs is 6. The number of para-hydroxylation sites is 2. The molecule has 0 aliphatic rings. The van der Waals surface area contributed by atoms with Crippen molar-refractivity contribution >= 4 is 70.4 Å². The number of thiophene rings is 1. The Morgan fingerprint density at radius 3 is 1.79 bits per heavy atom. The van der Waals surface area contributed by atoms with Gasteiger partial charge in [-0.05, 0) is 101 Å². The molecule has 0 saturated heterocycles. The van der Waals surface area contributed by atoms with Crippen LogP contribution in [0.5, 0.6) is 0 Å². The Labute approximate surface area is 339 Å². The van der Waals surface area contributed by atoms with Crippen molar-refractivity contribution in [3.63, 3.8) is 0 Å². The highest BCUT2D eigenvalue weighted by atomic mass is 32.1. The molecular formula is C54H35FN2S. The first-order valence-electron chi connectivity index (χ1n) is 19.5. The van der Waals surface area contributed by atoms with Crippen LogP contribution in [0.3, 0.4) is 0 Å². The van der Waals surface area contributed by atoms with E-state index in [9.17, 15) is 4.39 Å². The molecule has 0 aliphatic heterocycles. The van der Waals surface area contributed by atoms with Crippen LogP contribution in [0, 0.1) is 5.82 Å². The molecule has 274 valence electrons. The average molecular weight is 763 g/mol. The van der Waals surface area contributed by atoms with Crippen molar-refractivity contribution in [2.75, 3.05) is 4.90 Å². The third-order valence-electron chi connectivity index (χ3n) is 11.3. The molecule has 0 saturated carbocycles. The molecule has 58 heavy (non-hydrogen) atoms. The third-order valence-corrected chi connectivity index (χ3v) is 12.5. The maximum absolute atomic E-state index is 14.6. The van der Waals surface area contributed by atoms with Crippen molar-refractivity contribution in [1.82, 2.24) is 4.57 Å². The van der Waals surface area contributed by atoms with Gasteiger partial charge in [-0.2, -0.15) is 0 Å². The van der Waals surface area contributed by atoms with Crippen LogP contribution < -0.4 is 4.90 Å². The van der Waals surface area contributed by atoms with Crippen molar-refractivity contribution in [2.45, 2.75) is 0 Å². The Hall–Kier alpha value is -7.27. The Balaban J connectivity index is 1.02. The SMILES string of the molecule is Fc1ccc2c(c1)c1ccccc1n2-c1ccccc1-c1ccc(N(c2ccc(-c3cccc4c3sc3ccccc34)cc2)c2cccc(-c3ccccc3)c2)cc1. The first-order chi connectivity index (χ1) is 28.7. The smallest absolute Gasteiger partial charge is 0.123 e. The monoisotopic (exact) mass is 762 g/mol. The van der Waals surface area contributed by atoms with Gasteiger partial charge in [-0.15, -0.1) is 11.3 Å². The molecule has 2 heterocycles. The zero-order valence-corrected chi connectivity index (χ0v) is 32.2. The molecule has 0 atom stereocenters. The lowest BCUT2D eigenvalue weighted by molar-refractivity contribution is 0.629. The maximum Gasteiger partial charge on any atom is 0.123 e. The lowest BCUT2D eigenvalue weighted by Crippen LogP contribution is -2.10. The van der Waals surface area contributed by atoms with E-state index in [1.165, 1.54) is 36.9 Å². The Morgan fingerprint density at radius 1 is 0.379 bits per heavy atom. The molecule has 0 bridgehead atoms. The summed E-state index contributed by atoms with van der Waals surface area (Å²) in [6, 6.07) is 74.3. The largest absolute Gasteiger partial charge is 0.310 e. The highest BCUT2D eigenvalue weighted by Crippen LogP contribution is 2.43. The standard InChI is InChI=1S/C54H35FN2S/c55-40-28-33-52-49(35-40)46-17-5-8-22-51(46)57(52)50-21-7-4-16-44(50)37-24-29-41(30-25-37)56(43-15-10-14-39(34-43)36-12-2-1-3-13-36)42-31-26-38(27-32-42)45-19-11-20-48-47-18-6-9-23-53(47)58-54(45)48/h1-35H. The second-order valence-corrected chi connectivity index (χ2v) is 15.7. The van der Waals surface area contributed by atoms with E-state index in [2.05, 4.69) is 191 Å². The summed E-state index contributed by atoms with van der Waals surface area (Å²) in [5, 5.41) is 4.54. The number of hydrogen-bond acceptors (Lipinski definition) is 2. The second-order valence-electron chi connectivity index (χ2n) is 14.7. The molecule has 0 amide bonds. The minimum Gasteiger partial charge on any atom is -0.310 e. The summed E-state index contributed by atoms with van der Waals surface area (Å²) in [6.07, 6.45) is 0. The number of anilines is 3. The van der Waals surface area contributed by atoms with Crippen LogP contribution in [0.15, 0.2) is 212 Å². The van der Waals surface area contributed by atoms with Gasteiger partial charge >= 0.3 is 0 Å².